The van der Waals surface area contributed by atoms with Gasteiger partial charge in [0.2, 0.25) is 0 Å². The number of hydrogen-bond donors (Lipinski definition) is 0. The van der Waals surface area contributed by atoms with E-state index in [0.717, 1.165) is 31.0 Å². The second-order valence-corrected chi connectivity index (χ2v) is 7.61. The van der Waals surface area contributed by atoms with Crippen LogP contribution in [0.15, 0.2) is 36.0 Å². The number of fused-ring (bicyclic) bond motifs is 2. The average molecular weight is 369 g/mol. The van der Waals surface area contributed by atoms with Crippen molar-refractivity contribution in [1.29, 1.82) is 0 Å². The van der Waals surface area contributed by atoms with E-state index in [1.165, 1.54) is 10.4 Å². The zero-order valence-corrected chi connectivity index (χ0v) is 15.1. The fraction of sp³-hybridized carbons (Fsp3) is 0.389. The number of ether oxygens (including phenoxy) is 1. The monoisotopic (exact) mass is 369 g/mol. The molecule has 26 heavy (non-hydrogen) atoms. The van der Waals surface area contributed by atoms with Crippen molar-refractivity contribution >= 4 is 28.7 Å². The van der Waals surface area contributed by atoms with Crippen LogP contribution in [0.1, 0.15) is 10.4 Å². The number of hydrogen-bond acceptors (Lipinski definition) is 6. The summed E-state index contributed by atoms with van der Waals surface area (Å²) in [7, 11) is 0. The van der Waals surface area contributed by atoms with Gasteiger partial charge < -0.3 is 14.5 Å². The van der Waals surface area contributed by atoms with Crippen LogP contribution in [0.4, 0.5) is 5.82 Å². The van der Waals surface area contributed by atoms with Crippen molar-refractivity contribution in [2.45, 2.75) is 19.1 Å². The number of nitrogens with zero attached hydrogens (tertiary/aromatic N) is 5. The molecule has 0 saturated carbocycles. The molecule has 1 saturated heterocycles. The van der Waals surface area contributed by atoms with Crippen LogP contribution in [0.25, 0.3) is 5.65 Å². The smallest absolute Gasteiger partial charge is 0.253 e. The van der Waals surface area contributed by atoms with Gasteiger partial charge >= 0.3 is 0 Å². The number of aromatic nitrogens is 3. The molecule has 2 aliphatic rings. The molecule has 5 rings (SSSR count). The Morgan fingerprint density at radius 3 is 3.19 bits per heavy atom. The summed E-state index contributed by atoms with van der Waals surface area (Å²) < 4.78 is 7.56. The summed E-state index contributed by atoms with van der Waals surface area (Å²) in [5.74, 6) is 0.922. The van der Waals surface area contributed by atoms with Crippen LogP contribution in [-0.2, 0) is 22.5 Å². The summed E-state index contributed by atoms with van der Waals surface area (Å²) in [6.45, 7) is 3.24. The Morgan fingerprint density at radius 1 is 1.27 bits per heavy atom. The fourth-order valence-corrected chi connectivity index (χ4v) is 4.51. The number of imidazole rings is 1. The predicted molar refractivity (Wildman–Crippen MR) is 98.4 cm³/mol. The molecule has 8 heteroatoms. The standard InChI is InChI=1S/C18H19N5O2S/c24-18(22-6-3-15-13(11-22)4-10-26-15)14-12-21(8-9-25-14)17-2-1-16-19-5-7-23(16)20-17/h1-2,4-5,7,10,14H,3,6,8-9,11-12H2. The van der Waals surface area contributed by atoms with E-state index < -0.39 is 6.10 Å². The number of amides is 1. The summed E-state index contributed by atoms with van der Waals surface area (Å²) >= 11 is 1.78. The minimum absolute atomic E-state index is 0.0789. The Balaban J connectivity index is 1.31. The minimum atomic E-state index is -0.441. The van der Waals surface area contributed by atoms with Gasteiger partial charge in [-0.05, 0) is 35.6 Å². The molecular weight excluding hydrogens is 350 g/mol. The molecule has 1 fully saturated rings. The van der Waals surface area contributed by atoms with Crippen molar-refractivity contribution in [1.82, 2.24) is 19.5 Å². The number of carbonyl (C=O) groups excluding carboxylic acids is 1. The normalized spacial score (nSPS) is 20.4. The molecule has 0 spiro atoms. The van der Waals surface area contributed by atoms with E-state index in [4.69, 9.17) is 4.74 Å². The molecule has 0 radical (unpaired) electrons. The van der Waals surface area contributed by atoms with Crippen molar-refractivity contribution in [3.63, 3.8) is 0 Å². The minimum Gasteiger partial charge on any atom is -0.365 e. The molecule has 1 unspecified atom stereocenters. The lowest BCUT2D eigenvalue weighted by atomic mass is 10.1. The van der Waals surface area contributed by atoms with Crippen molar-refractivity contribution in [2.75, 3.05) is 31.1 Å². The van der Waals surface area contributed by atoms with Crippen molar-refractivity contribution in [2.24, 2.45) is 0 Å². The van der Waals surface area contributed by atoms with E-state index in [1.54, 1.807) is 22.0 Å². The zero-order chi connectivity index (χ0) is 17.5. The molecule has 0 N–H and O–H groups in total. The lowest BCUT2D eigenvalue weighted by Crippen LogP contribution is -2.52. The number of anilines is 1. The van der Waals surface area contributed by atoms with E-state index in [9.17, 15) is 4.79 Å². The Hall–Kier alpha value is -2.45. The molecule has 1 atom stereocenters. The molecule has 5 heterocycles. The number of rotatable bonds is 2. The molecule has 1 amide bonds. The molecule has 7 nitrogen and oxygen atoms in total. The van der Waals surface area contributed by atoms with Crippen LogP contribution in [0.3, 0.4) is 0 Å². The van der Waals surface area contributed by atoms with Gasteiger partial charge in [-0.1, -0.05) is 0 Å². The van der Waals surface area contributed by atoms with Crippen molar-refractivity contribution in [3.05, 3.63) is 46.4 Å². The molecule has 3 aromatic rings. The van der Waals surface area contributed by atoms with Crippen LogP contribution in [0.5, 0.6) is 0 Å². The van der Waals surface area contributed by atoms with Crippen molar-refractivity contribution in [3.8, 4) is 0 Å². The summed E-state index contributed by atoms with van der Waals surface area (Å²) in [5.41, 5.74) is 2.09. The summed E-state index contributed by atoms with van der Waals surface area (Å²) in [6, 6.07) is 6.02. The van der Waals surface area contributed by atoms with Gasteiger partial charge in [-0.25, -0.2) is 9.50 Å². The highest BCUT2D eigenvalue weighted by Gasteiger charge is 2.32. The Kier molecular flexibility index (Phi) is 3.86. The van der Waals surface area contributed by atoms with E-state index in [1.807, 2.05) is 23.2 Å². The molecule has 3 aromatic heterocycles. The lowest BCUT2D eigenvalue weighted by molar-refractivity contribution is -0.145. The highest BCUT2D eigenvalue weighted by Crippen LogP contribution is 2.25. The first kappa shape index (κ1) is 15.8. The maximum atomic E-state index is 13.0. The third kappa shape index (κ3) is 2.75. The average Bonchev–Trinajstić information content (AvgIpc) is 3.35. The highest BCUT2D eigenvalue weighted by molar-refractivity contribution is 7.10. The van der Waals surface area contributed by atoms with Gasteiger partial charge in [-0.2, -0.15) is 0 Å². The first-order valence-corrected chi connectivity index (χ1v) is 9.67. The second-order valence-electron chi connectivity index (χ2n) is 6.61. The Morgan fingerprint density at radius 2 is 2.23 bits per heavy atom. The summed E-state index contributed by atoms with van der Waals surface area (Å²) in [5, 5.41) is 6.70. The number of morpholine rings is 1. The van der Waals surface area contributed by atoms with Gasteiger partial charge in [0.05, 0.1) is 13.2 Å². The SMILES string of the molecule is O=C(C1CN(c2ccc3nccn3n2)CCO1)N1CCc2sccc2C1. The van der Waals surface area contributed by atoms with E-state index >= 15 is 0 Å². The van der Waals surface area contributed by atoms with Gasteiger partial charge in [-0.15, -0.1) is 16.4 Å². The molecule has 134 valence electrons. The number of carbonyl (C=O) groups is 1. The fourth-order valence-electron chi connectivity index (χ4n) is 3.62. The van der Waals surface area contributed by atoms with Gasteiger partial charge in [0, 0.05) is 36.9 Å². The maximum absolute atomic E-state index is 13.0. The predicted octanol–water partition coefficient (Wildman–Crippen LogP) is 1.58. The maximum Gasteiger partial charge on any atom is 0.253 e. The third-order valence-corrected chi connectivity index (χ3v) is 6.05. The van der Waals surface area contributed by atoms with E-state index in [-0.39, 0.29) is 5.91 Å². The summed E-state index contributed by atoms with van der Waals surface area (Å²) in [6.07, 6.45) is 4.05. The van der Waals surface area contributed by atoms with E-state index in [2.05, 4.69) is 26.4 Å². The molecule has 0 bridgehead atoms. The first-order chi connectivity index (χ1) is 12.8. The zero-order valence-electron chi connectivity index (χ0n) is 14.2. The molecule has 2 aliphatic heterocycles. The molecule has 0 aromatic carbocycles. The van der Waals surface area contributed by atoms with Crippen LogP contribution >= 0.6 is 11.3 Å². The first-order valence-electron chi connectivity index (χ1n) is 8.79. The van der Waals surface area contributed by atoms with Crippen LogP contribution < -0.4 is 4.90 Å². The van der Waals surface area contributed by atoms with Gasteiger partial charge in [0.25, 0.3) is 5.91 Å². The lowest BCUT2D eigenvalue weighted by Gasteiger charge is -2.36. The molecule has 0 aliphatic carbocycles. The van der Waals surface area contributed by atoms with Gasteiger partial charge in [0.1, 0.15) is 5.82 Å². The van der Waals surface area contributed by atoms with Crippen LogP contribution in [-0.4, -0.2) is 57.8 Å². The quantitative estimate of drug-likeness (QED) is 0.686. The van der Waals surface area contributed by atoms with Gasteiger partial charge in [0.15, 0.2) is 11.8 Å². The topological polar surface area (TPSA) is 63.0 Å². The largest absolute Gasteiger partial charge is 0.365 e. The summed E-state index contributed by atoms with van der Waals surface area (Å²) in [4.78, 5) is 22.6. The van der Waals surface area contributed by atoms with Crippen LogP contribution in [0.2, 0.25) is 0 Å². The van der Waals surface area contributed by atoms with E-state index in [0.29, 0.717) is 19.7 Å². The second kappa shape index (κ2) is 6.37. The van der Waals surface area contributed by atoms with Gasteiger partial charge in [-0.3, -0.25) is 4.79 Å². The van der Waals surface area contributed by atoms with Crippen molar-refractivity contribution < 1.29 is 9.53 Å². The Labute approximate surface area is 154 Å². The Bertz CT molecular complexity index is 952. The third-order valence-electron chi connectivity index (χ3n) is 5.03. The molecular formula is C18H19N5O2S. The highest BCUT2D eigenvalue weighted by atomic mass is 32.1. The van der Waals surface area contributed by atoms with Crippen LogP contribution in [0, 0.1) is 0 Å². The number of thiophene rings is 1.